The number of nitriles is 1. The lowest BCUT2D eigenvalue weighted by Crippen LogP contribution is -2.74. The largest absolute Gasteiger partial charge is 0.489 e. The number of piperazine rings is 1. The number of ether oxygens (including phenoxy) is 1. The summed E-state index contributed by atoms with van der Waals surface area (Å²) < 4.78 is 6.35. The average Bonchev–Trinajstić information content (AvgIpc) is 3.47. The zero-order chi connectivity index (χ0) is 31.6. The van der Waals surface area contributed by atoms with Gasteiger partial charge in [-0.05, 0) is 49.6 Å². The molecule has 1 unspecified atom stereocenters. The summed E-state index contributed by atoms with van der Waals surface area (Å²) in [6.07, 6.45) is 3.78. The first kappa shape index (κ1) is 32.0. The predicted octanol–water partition coefficient (Wildman–Crippen LogP) is 3.54. The Bertz CT molecular complexity index is 1380. The molecule has 3 N–H and O–H groups in total. The molecule has 3 aliphatic rings. The minimum atomic E-state index is -0.339. The molecule has 1 aliphatic carbocycles. The number of pyridine rings is 1. The quantitative estimate of drug-likeness (QED) is 0.412. The van der Waals surface area contributed by atoms with Crippen molar-refractivity contribution in [3.05, 3.63) is 52.7 Å². The second-order valence-corrected chi connectivity index (χ2v) is 14.1. The van der Waals surface area contributed by atoms with E-state index in [9.17, 15) is 9.59 Å². The highest BCUT2D eigenvalue weighted by Gasteiger charge is 2.64. The minimum Gasteiger partial charge on any atom is -0.489 e. The summed E-state index contributed by atoms with van der Waals surface area (Å²) in [4.78, 5) is 36.1. The number of nitrogens with one attached hydrogen (secondary N) is 1. The number of rotatable bonds is 10. The van der Waals surface area contributed by atoms with Crippen molar-refractivity contribution in [2.75, 3.05) is 57.3 Å². The molecule has 0 bridgehead atoms. The summed E-state index contributed by atoms with van der Waals surface area (Å²) in [6.45, 7) is 15.4. The van der Waals surface area contributed by atoms with E-state index in [1.165, 1.54) is 0 Å². The molecular formula is C33H44ClN7O3. The normalized spacial score (nSPS) is 24.7. The van der Waals surface area contributed by atoms with Crippen LogP contribution in [0.4, 0.5) is 5.82 Å². The van der Waals surface area contributed by atoms with Gasteiger partial charge in [-0.1, -0.05) is 39.3 Å². The van der Waals surface area contributed by atoms with Crippen LogP contribution in [0.1, 0.15) is 56.5 Å². The van der Waals surface area contributed by atoms with Crippen molar-refractivity contribution in [2.24, 2.45) is 22.5 Å². The van der Waals surface area contributed by atoms with Gasteiger partial charge in [-0.25, -0.2) is 4.98 Å². The van der Waals surface area contributed by atoms with Crippen molar-refractivity contribution in [1.29, 1.82) is 5.26 Å². The maximum Gasteiger partial charge on any atom is 0.253 e. The van der Waals surface area contributed by atoms with Crippen molar-refractivity contribution in [3.63, 3.8) is 0 Å². The molecule has 3 heterocycles. The van der Waals surface area contributed by atoms with Crippen molar-refractivity contribution in [3.8, 4) is 11.8 Å². The second-order valence-electron chi connectivity index (χ2n) is 13.7. The van der Waals surface area contributed by atoms with Crippen molar-refractivity contribution < 1.29 is 14.3 Å². The van der Waals surface area contributed by atoms with E-state index in [1.807, 2.05) is 12.1 Å². The number of hydrogen-bond acceptors (Lipinski definition) is 8. The molecule has 0 spiro atoms. The number of primary amides is 1. The Labute approximate surface area is 265 Å². The van der Waals surface area contributed by atoms with Gasteiger partial charge in [0.25, 0.3) is 5.91 Å². The van der Waals surface area contributed by atoms with Gasteiger partial charge < -0.3 is 25.6 Å². The molecule has 1 aromatic heterocycles. The number of nitrogens with two attached hydrogens (primary N) is 1. The molecule has 10 nitrogen and oxygen atoms in total. The molecule has 11 heteroatoms. The van der Waals surface area contributed by atoms with Crippen molar-refractivity contribution >= 4 is 29.2 Å². The Morgan fingerprint density at radius 1 is 1.09 bits per heavy atom. The van der Waals surface area contributed by atoms with E-state index in [4.69, 9.17) is 27.3 Å². The third-order valence-corrected chi connectivity index (χ3v) is 10.1. The lowest BCUT2D eigenvalue weighted by molar-refractivity contribution is -0.164. The lowest BCUT2D eigenvalue weighted by atomic mass is 9.49. The van der Waals surface area contributed by atoms with Gasteiger partial charge in [0.1, 0.15) is 23.7 Å². The molecule has 2 aromatic rings. The zero-order valence-electron chi connectivity index (χ0n) is 26.2. The Morgan fingerprint density at radius 3 is 2.41 bits per heavy atom. The van der Waals surface area contributed by atoms with E-state index in [0.717, 1.165) is 64.5 Å². The Balaban J connectivity index is 1.10. The molecule has 236 valence electrons. The molecule has 44 heavy (non-hydrogen) atoms. The molecule has 1 saturated carbocycles. The summed E-state index contributed by atoms with van der Waals surface area (Å²) in [5.74, 6) is 1.72. The average molecular weight is 622 g/mol. The van der Waals surface area contributed by atoms with Gasteiger partial charge >= 0.3 is 0 Å². The van der Waals surface area contributed by atoms with Crippen LogP contribution >= 0.6 is 11.6 Å². The van der Waals surface area contributed by atoms with Crippen LogP contribution in [0.25, 0.3) is 0 Å². The maximum atomic E-state index is 13.3. The van der Waals surface area contributed by atoms with Gasteiger partial charge in [0.15, 0.2) is 0 Å². The van der Waals surface area contributed by atoms with Crippen LogP contribution in [0, 0.1) is 28.1 Å². The van der Waals surface area contributed by atoms with Gasteiger partial charge in [0.05, 0.1) is 22.7 Å². The number of carbonyl (C=O) groups excluding carboxylic acids is 2. The van der Waals surface area contributed by atoms with Crippen molar-refractivity contribution in [1.82, 2.24) is 20.1 Å². The number of benzene rings is 1. The summed E-state index contributed by atoms with van der Waals surface area (Å²) in [7, 11) is 0. The fourth-order valence-corrected chi connectivity index (χ4v) is 7.76. The van der Waals surface area contributed by atoms with E-state index < -0.39 is 0 Å². The summed E-state index contributed by atoms with van der Waals surface area (Å²) in [5, 5.41) is 12.8. The van der Waals surface area contributed by atoms with E-state index >= 15 is 0 Å². The third-order valence-electron chi connectivity index (χ3n) is 9.75. The Kier molecular flexibility index (Phi) is 9.40. The summed E-state index contributed by atoms with van der Waals surface area (Å²) >= 11 is 6.22. The number of nitrogens with zero attached hydrogens (tertiary/aromatic N) is 5. The highest BCUT2D eigenvalue weighted by atomic mass is 35.5. The Morgan fingerprint density at radius 2 is 1.80 bits per heavy atom. The second kappa shape index (κ2) is 12.9. The minimum absolute atomic E-state index is 0.119. The first-order valence-corrected chi connectivity index (χ1v) is 15.9. The van der Waals surface area contributed by atoms with Crippen LogP contribution in [-0.4, -0.2) is 91.1 Å². The summed E-state index contributed by atoms with van der Waals surface area (Å²) in [6, 6.07) is 10.9. The van der Waals surface area contributed by atoms with Crippen LogP contribution in [-0.2, 0) is 4.79 Å². The fourth-order valence-electron chi connectivity index (χ4n) is 7.55. The number of carbonyl (C=O) groups is 2. The number of halogens is 1. The Hall–Kier alpha value is -3.39. The maximum absolute atomic E-state index is 13.3. The first-order chi connectivity index (χ1) is 20.9. The molecule has 3 fully saturated rings. The predicted molar refractivity (Wildman–Crippen MR) is 171 cm³/mol. The van der Waals surface area contributed by atoms with E-state index in [2.05, 4.69) is 58.8 Å². The molecule has 2 amide bonds. The van der Waals surface area contributed by atoms with Gasteiger partial charge in [-0.2, -0.15) is 5.26 Å². The number of anilines is 1. The van der Waals surface area contributed by atoms with Crippen molar-refractivity contribution in [2.45, 2.75) is 52.7 Å². The highest BCUT2D eigenvalue weighted by molar-refractivity contribution is 6.31. The third kappa shape index (κ3) is 6.80. The highest BCUT2D eigenvalue weighted by Crippen LogP contribution is 2.55. The lowest BCUT2D eigenvalue weighted by Gasteiger charge is -2.63. The van der Waals surface area contributed by atoms with Crippen LogP contribution in [0.3, 0.4) is 0 Å². The monoisotopic (exact) mass is 621 g/mol. The topological polar surface area (TPSA) is 128 Å². The molecule has 1 aromatic carbocycles. The molecule has 2 saturated heterocycles. The number of amides is 2. The smallest absolute Gasteiger partial charge is 0.253 e. The zero-order valence-corrected chi connectivity index (χ0v) is 26.9. The standard InChI is InChI=1S/C33H44ClN7O3/c1-32(2)30(33(3,4)31(32)44-25-7-5-23(18-35)26(34)17-25)38-29(43)24-6-8-28(37-19-24)41-12-10-22(20-41)9-11-39-13-15-40(16-14-39)21-27(36)42/h5-8,17,19,22,30-31H,9-16,20-21H2,1-4H3,(H2,36,42)(H,38,43). The molecule has 2 aliphatic heterocycles. The molecule has 0 radical (unpaired) electrons. The SMILES string of the molecule is CC1(C)C(NC(=O)c2ccc(N3CCC(CCN4CCN(CC(N)=O)CC4)C3)nc2)C(C)(C)C1Oc1ccc(C#N)c(Cl)c1. The molecule has 1 atom stereocenters. The van der Waals surface area contributed by atoms with Crippen LogP contribution in [0.2, 0.25) is 5.02 Å². The number of aromatic nitrogens is 1. The molecular weight excluding hydrogens is 578 g/mol. The number of hydrogen-bond donors (Lipinski definition) is 2. The van der Waals surface area contributed by atoms with Crippen LogP contribution in [0.5, 0.6) is 5.75 Å². The van der Waals surface area contributed by atoms with E-state index in [1.54, 1.807) is 24.4 Å². The van der Waals surface area contributed by atoms with E-state index in [0.29, 0.717) is 34.4 Å². The van der Waals surface area contributed by atoms with E-state index in [-0.39, 0.29) is 34.8 Å². The van der Waals surface area contributed by atoms with Gasteiger partial charge in [0.2, 0.25) is 5.91 Å². The van der Waals surface area contributed by atoms with Gasteiger partial charge in [0, 0.05) is 68.4 Å². The molecule has 5 rings (SSSR count). The first-order valence-electron chi connectivity index (χ1n) is 15.5. The fraction of sp³-hybridized carbons (Fsp3) is 0.576. The van der Waals surface area contributed by atoms with Gasteiger partial charge in [-0.3, -0.25) is 14.5 Å². The van der Waals surface area contributed by atoms with Crippen LogP contribution in [0.15, 0.2) is 36.5 Å². The van der Waals surface area contributed by atoms with Crippen LogP contribution < -0.4 is 20.7 Å². The summed E-state index contributed by atoms with van der Waals surface area (Å²) in [5.41, 5.74) is 5.60. The van der Waals surface area contributed by atoms with Gasteiger partial charge in [-0.15, -0.1) is 0 Å².